The Morgan fingerprint density at radius 1 is 1.07 bits per heavy atom. The molecule has 0 radical (unpaired) electrons. The molecule has 2 saturated heterocycles. The van der Waals surface area contributed by atoms with Crippen molar-refractivity contribution in [2.75, 3.05) is 38.1 Å². The maximum atomic E-state index is 11.8. The maximum absolute atomic E-state index is 11.8. The summed E-state index contributed by atoms with van der Waals surface area (Å²) < 4.78 is 0. The molecule has 29 heavy (non-hydrogen) atoms. The molecule has 8 heteroatoms. The number of hydrogen-bond donors (Lipinski definition) is 2. The molecule has 2 aromatic rings. The molecule has 1 aromatic heterocycles. The number of aromatic nitrogens is 2. The molecule has 3 amide bonds. The molecular weight excluding hydrogens is 368 g/mol. The second kappa shape index (κ2) is 8.00. The Labute approximate surface area is 169 Å². The highest BCUT2D eigenvalue weighted by Gasteiger charge is 2.23. The molecule has 3 heterocycles. The molecule has 0 unspecified atom stereocenters. The van der Waals surface area contributed by atoms with Gasteiger partial charge in [-0.3, -0.25) is 15.1 Å². The van der Waals surface area contributed by atoms with Crippen molar-refractivity contribution in [3.63, 3.8) is 0 Å². The first kappa shape index (κ1) is 19.1. The number of hydrogen-bond acceptors (Lipinski definition) is 6. The molecular formula is C21H24N6O2. The Bertz CT molecular complexity index is 987. The number of benzene rings is 1. The van der Waals surface area contributed by atoms with Gasteiger partial charge in [0, 0.05) is 25.2 Å². The van der Waals surface area contributed by atoms with Gasteiger partial charge in [-0.2, -0.15) is 0 Å². The summed E-state index contributed by atoms with van der Waals surface area (Å²) in [6.07, 6.45) is 6.34. The van der Waals surface area contributed by atoms with Crippen molar-refractivity contribution >= 4 is 23.8 Å². The van der Waals surface area contributed by atoms with Gasteiger partial charge in [0.1, 0.15) is 11.5 Å². The minimum absolute atomic E-state index is 0.240. The van der Waals surface area contributed by atoms with Gasteiger partial charge in [-0.15, -0.1) is 0 Å². The van der Waals surface area contributed by atoms with Crippen molar-refractivity contribution in [3.05, 3.63) is 47.4 Å². The number of anilines is 1. The van der Waals surface area contributed by atoms with E-state index < -0.39 is 11.9 Å². The number of likely N-dealkylation sites (N-methyl/N-ethyl adjacent to an activating group) is 1. The van der Waals surface area contributed by atoms with Crippen LogP contribution in [0.3, 0.4) is 0 Å². The second-order valence-corrected chi connectivity index (χ2v) is 7.44. The number of carbonyl (C=O) groups excluding carboxylic acids is 2. The van der Waals surface area contributed by atoms with Crippen LogP contribution in [0.25, 0.3) is 17.3 Å². The molecule has 0 saturated carbocycles. The van der Waals surface area contributed by atoms with Gasteiger partial charge in [0.2, 0.25) is 0 Å². The molecule has 0 bridgehead atoms. The fourth-order valence-corrected chi connectivity index (χ4v) is 3.52. The van der Waals surface area contributed by atoms with Gasteiger partial charge in [0.05, 0.1) is 18.1 Å². The Kier molecular flexibility index (Phi) is 5.26. The van der Waals surface area contributed by atoms with Crippen LogP contribution in [0.15, 0.2) is 36.3 Å². The molecule has 0 aliphatic carbocycles. The van der Waals surface area contributed by atoms with Gasteiger partial charge in [-0.25, -0.2) is 9.78 Å². The van der Waals surface area contributed by atoms with Gasteiger partial charge < -0.3 is 15.1 Å². The van der Waals surface area contributed by atoms with Gasteiger partial charge in [-0.05, 0) is 50.2 Å². The minimum atomic E-state index is -0.503. The Balaban J connectivity index is 1.63. The lowest BCUT2D eigenvalue weighted by molar-refractivity contribution is -0.115. The molecule has 1 aromatic carbocycles. The van der Waals surface area contributed by atoms with Gasteiger partial charge in [0.25, 0.3) is 5.91 Å². The molecule has 150 valence electrons. The number of nitrogens with one attached hydrogen (secondary N) is 2. The van der Waals surface area contributed by atoms with E-state index in [0.717, 1.165) is 60.8 Å². The number of urea groups is 1. The topological polar surface area (TPSA) is 90.5 Å². The Morgan fingerprint density at radius 2 is 1.93 bits per heavy atom. The zero-order valence-electron chi connectivity index (χ0n) is 16.6. The third-order valence-corrected chi connectivity index (χ3v) is 5.26. The minimum Gasteiger partial charge on any atom is -0.354 e. The molecule has 0 spiro atoms. The van der Waals surface area contributed by atoms with E-state index in [-0.39, 0.29) is 5.70 Å². The molecule has 2 fully saturated rings. The number of imide groups is 1. The molecule has 2 N–H and O–H groups in total. The standard InChI is InChI=1S/C21H24N6O2/c1-14-4-5-15(10-16(14)11-17-20(28)25-21(29)24-17)18-12-22-13-19(23-18)27-7-3-6-26(2)8-9-27/h4-5,10-13H,3,6-9H2,1-2H3,(H2,24,25,28,29)/b17-11-. The highest BCUT2D eigenvalue weighted by molar-refractivity contribution is 6.14. The first-order valence-electron chi connectivity index (χ1n) is 9.70. The molecule has 4 rings (SSSR count). The van der Waals surface area contributed by atoms with Gasteiger partial charge in [0.15, 0.2) is 0 Å². The monoisotopic (exact) mass is 392 g/mol. The van der Waals surface area contributed by atoms with Crippen LogP contribution in [0.1, 0.15) is 17.5 Å². The summed E-state index contributed by atoms with van der Waals surface area (Å²) >= 11 is 0. The van der Waals surface area contributed by atoms with Crippen LogP contribution in [-0.2, 0) is 4.79 Å². The lowest BCUT2D eigenvalue weighted by Gasteiger charge is -2.21. The fourth-order valence-electron chi connectivity index (χ4n) is 3.52. The summed E-state index contributed by atoms with van der Waals surface area (Å²) in [6, 6.07) is 5.43. The molecule has 0 atom stereocenters. The fraction of sp³-hybridized carbons (Fsp3) is 0.333. The van der Waals surface area contributed by atoms with Gasteiger partial charge >= 0.3 is 6.03 Å². The van der Waals surface area contributed by atoms with Gasteiger partial charge in [-0.1, -0.05) is 12.1 Å². The number of rotatable bonds is 3. The van der Waals surface area contributed by atoms with E-state index in [1.165, 1.54) is 0 Å². The summed E-state index contributed by atoms with van der Waals surface area (Å²) in [5, 5.41) is 4.74. The Hall–Kier alpha value is -3.26. The summed E-state index contributed by atoms with van der Waals surface area (Å²) in [6.45, 7) is 5.93. The summed E-state index contributed by atoms with van der Waals surface area (Å²) in [5.74, 6) is 0.452. The molecule has 2 aliphatic heterocycles. The summed E-state index contributed by atoms with van der Waals surface area (Å²) in [5.41, 5.74) is 3.77. The third-order valence-electron chi connectivity index (χ3n) is 5.26. The van der Waals surface area contributed by atoms with Crippen molar-refractivity contribution in [1.82, 2.24) is 25.5 Å². The van der Waals surface area contributed by atoms with E-state index >= 15 is 0 Å². The van der Waals surface area contributed by atoms with Crippen LogP contribution in [0.5, 0.6) is 0 Å². The van der Waals surface area contributed by atoms with Crippen LogP contribution in [-0.4, -0.2) is 60.0 Å². The van der Waals surface area contributed by atoms with Crippen molar-refractivity contribution in [3.8, 4) is 11.3 Å². The van der Waals surface area contributed by atoms with E-state index in [0.29, 0.717) is 0 Å². The van der Waals surface area contributed by atoms with Crippen LogP contribution in [0.2, 0.25) is 0 Å². The second-order valence-electron chi connectivity index (χ2n) is 7.44. The zero-order chi connectivity index (χ0) is 20.4. The van der Waals surface area contributed by atoms with Crippen molar-refractivity contribution < 1.29 is 9.59 Å². The van der Waals surface area contributed by atoms with Crippen LogP contribution in [0.4, 0.5) is 10.6 Å². The van der Waals surface area contributed by atoms with E-state index in [4.69, 9.17) is 4.98 Å². The number of nitrogens with zero attached hydrogens (tertiary/aromatic N) is 4. The quantitative estimate of drug-likeness (QED) is 0.611. The largest absolute Gasteiger partial charge is 0.354 e. The van der Waals surface area contributed by atoms with E-state index in [2.05, 4.69) is 32.5 Å². The first-order valence-corrected chi connectivity index (χ1v) is 9.70. The zero-order valence-corrected chi connectivity index (χ0v) is 16.6. The number of amides is 3. The van der Waals surface area contributed by atoms with Crippen LogP contribution < -0.4 is 15.5 Å². The smallest absolute Gasteiger partial charge is 0.326 e. The summed E-state index contributed by atoms with van der Waals surface area (Å²) in [7, 11) is 2.14. The van der Waals surface area contributed by atoms with E-state index in [9.17, 15) is 9.59 Å². The lowest BCUT2D eigenvalue weighted by atomic mass is 10.0. The predicted molar refractivity (Wildman–Crippen MR) is 111 cm³/mol. The van der Waals surface area contributed by atoms with Crippen molar-refractivity contribution in [2.45, 2.75) is 13.3 Å². The molecule has 8 nitrogen and oxygen atoms in total. The maximum Gasteiger partial charge on any atom is 0.326 e. The average molecular weight is 392 g/mol. The van der Waals surface area contributed by atoms with Crippen molar-refractivity contribution in [1.29, 1.82) is 0 Å². The number of aryl methyl sites for hydroxylation is 1. The highest BCUT2D eigenvalue weighted by Crippen LogP contribution is 2.24. The molecule has 2 aliphatic rings. The van der Waals surface area contributed by atoms with Crippen LogP contribution in [0, 0.1) is 6.92 Å². The van der Waals surface area contributed by atoms with E-state index in [1.54, 1.807) is 12.3 Å². The lowest BCUT2D eigenvalue weighted by Crippen LogP contribution is -2.29. The normalized spacial score (nSPS) is 19.2. The van der Waals surface area contributed by atoms with Crippen molar-refractivity contribution in [2.24, 2.45) is 0 Å². The summed E-state index contributed by atoms with van der Waals surface area (Å²) in [4.78, 5) is 37.0. The number of carbonyl (C=O) groups is 2. The third kappa shape index (κ3) is 4.27. The highest BCUT2D eigenvalue weighted by atomic mass is 16.2. The SMILES string of the molecule is Cc1ccc(-c2cncc(N3CCCN(C)CC3)n2)cc1/C=C1\NC(=O)NC1=O. The Morgan fingerprint density at radius 3 is 2.72 bits per heavy atom. The van der Waals surface area contributed by atoms with Crippen LogP contribution >= 0.6 is 0 Å². The predicted octanol–water partition coefficient (Wildman–Crippen LogP) is 1.77. The average Bonchev–Trinajstić information content (AvgIpc) is 2.89. The first-order chi connectivity index (χ1) is 14.0. The van der Waals surface area contributed by atoms with E-state index in [1.807, 2.05) is 31.3 Å².